The molecule has 1 aromatic carbocycles. The molecule has 8 nitrogen and oxygen atoms in total. The maximum Gasteiger partial charge on any atom is 0.230 e. The van der Waals surface area contributed by atoms with E-state index in [2.05, 4.69) is 52.9 Å². The molecule has 9 heteroatoms. The summed E-state index contributed by atoms with van der Waals surface area (Å²) in [5.74, 6) is 2.67. The summed E-state index contributed by atoms with van der Waals surface area (Å²) in [5, 5.41) is 12.7. The molecule has 1 aromatic heterocycles. The predicted molar refractivity (Wildman–Crippen MR) is 129 cm³/mol. The van der Waals surface area contributed by atoms with Crippen LogP contribution in [0.2, 0.25) is 0 Å². The zero-order chi connectivity index (χ0) is 23.5. The van der Waals surface area contributed by atoms with Gasteiger partial charge >= 0.3 is 0 Å². The van der Waals surface area contributed by atoms with Gasteiger partial charge in [0.25, 0.3) is 0 Å². The molecule has 1 atom stereocenters. The largest absolute Gasteiger partial charge is 0.493 e. The van der Waals surface area contributed by atoms with E-state index < -0.39 is 0 Å². The second-order valence-electron chi connectivity index (χ2n) is 7.81. The minimum Gasteiger partial charge on any atom is -0.493 e. The van der Waals surface area contributed by atoms with Crippen LogP contribution in [0.15, 0.2) is 23.4 Å². The number of benzene rings is 1. The Morgan fingerprint density at radius 2 is 1.94 bits per heavy atom. The van der Waals surface area contributed by atoms with Crippen LogP contribution < -0.4 is 14.8 Å². The van der Waals surface area contributed by atoms with E-state index in [-0.39, 0.29) is 11.9 Å². The van der Waals surface area contributed by atoms with Crippen molar-refractivity contribution in [3.05, 3.63) is 29.6 Å². The van der Waals surface area contributed by atoms with Crippen molar-refractivity contribution < 1.29 is 14.3 Å². The molecule has 0 saturated carbocycles. The number of hydrogen-bond acceptors (Lipinski definition) is 7. The minimum absolute atomic E-state index is 0.0123. The monoisotopic (exact) mass is 463 g/mol. The van der Waals surface area contributed by atoms with Gasteiger partial charge in [-0.25, -0.2) is 0 Å². The van der Waals surface area contributed by atoms with Crippen LogP contribution in [-0.4, -0.2) is 66.2 Å². The Balaban J connectivity index is 1.92. The first-order valence-corrected chi connectivity index (χ1v) is 12.1. The summed E-state index contributed by atoms with van der Waals surface area (Å²) in [6.07, 6.45) is 3.82. The van der Waals surface area contributed by atoms with Gasteiger partial charge in [0.15, 0.2) is 22.5 Å². The van der Waals surface area contributed by atoms with Crippen molar-refractivity contribution in [2.45, 2.75) is 57.3 Å². The van der Waals surface area contributed by atoms with Gasteiger partial charge in [-0.3, -0.25) is 9.69 Å². The number of unbranched alkanes of at least 4 members (excludes halogenated alkanes) is 1. The number of ether oxygens (including phenoxy) is 2. The standard InChI is InChI=1S/C23H37N5O3S/c1-7-9-14-28-22(18(8-2)27(3)4)25-26-23(28)32-16-21(29)24-13-12-17-10-11-19(30-5)20(15-17)31-6/h10-11,15,18H,7-9,12-14,16H2,1-6H3,(H,24,29). The molecule has 178 valence electrons. The molecular formula is C23H37N5O3S. The average Bonchev–Trinajstić information content (AvgIpc) is 3.18. The number of hydrogen-bond donors (Lipinski definition) is 1. The molecule has 0 aliphatic heterocycles. The molecule has 1 unspecified atom stereocenters. The van der Waals surface area contributed by atoms with Crippen molar-refractivity contribution in [3.63, 3.8) is 0 Å². The molecule has 0 radical (unpaired) electrons. The normalized spacial score (nSPS) is 12.1. The molecule has 2 aromatic rings. The van der Waals surface area contributed by atoms with E-state index in [1.165, 1.54) is 11.8 Å². The molecule has 1 heterocycles. The van der Waals surface area contributed by atoms with Crippen LogP contribution in [0.1, 0.15) is 50.5 Å². The number of rotatable bonds is 14. The predicted octanol–water partition coefficient (Wildman–Crippen LogP) is 3.56. The number of methoxy groups -OCH3 is 2. The van der Waals surface area contributed by atoms with Crippen LogP contribution in [0.5, 0.6) is 11.5 Å². The molecule has 0 aliphatic carbocycles. The maximum atomic E-state index is 12.4. The number of aromatic nitrogens is 3. The third-order valence-electron chi connectivity index (χ3n) is 5.30. The summed E-state index contributed by atoms with van der Waals surface area (Å²) in [6, 6.07) is 6.01. The lowest BCUT2D eigenvalue weighted by Crippen LogP contribution is -2.27. The van der Waals surface area contributed by atoms with Crippen LogP contribution in [0.25, 0.3) is 0 Å². The zero-order valence-corrected chi connectivity index (χ0v) is 21.0. The lowest BCUT2D eigenvalue weighted by molar-refractivity contribution is -0.118. The van der Waals surface area contributed by atoms with Crippen molar-refractivity contribution in [3.8, 4) is 11.5 Å². The molecule has 1 N–H and O–H groups in total. The van der Waals surface area contributed by atoms with Gasteiger partial charge in [0.05, 0.1) is 26.0 Å². The fraction of sp³-hybridized carbons (Fsp3) is 0.609. The second-order valence-corrected chi connectivity index (χ2v) is 8.75. The van der Waals surface area contributed by atoms with Crippen LogP contribution in [-0.2, 0) is 17.8 Å². The lowest BCUT2D eigenvalue weighted by atomic mass is 10.1. The van der Waals surface area contributed by atoms with Crippen LogP contribution >= 0.6 is 11.8 Å². The van der Waals surface area contributed by atoms with Gasteiger partial charge in [0.1, 0.15) is 0 Å². The molecule has 0 saturated heterocycles. The van der Waals surface area contributed by atoms with Crippen LogP contribution in [0.3, 0.4) is 0 Å². The van der Waals surface area contributed by atoms with E-state index in [1.807, 2.05) is 18.2 Å². The first kappa shape index (κ1) is 26.0. The van der Waals surface area contributed by atoms with Crippen LogP contribution in [0, 0.1) is 0 Å². The summed E-state index contributed by atoms with van der Waals surface area (Å²) < 4.78 is 12.8. The first-order chi connectivity index (χ1) is 15.4. The number of nitrogens with zero attached hydrogens (tertiary/aromatic N) is 4. The Morgan fingerprint density at radius 3 is 2.56 bits per heavy atom. The van der Waals surface area contributed by atoms with E-state index in [0.29, 0.717) is 30.2 Å². The number of carbonyl (C=O) groups excluding carboxylic acids is 1. The molecule has 2 rings (SSSR count). The SMILES string of the molecule is CCCCn1c(SCC(=O)NCCc2ccc(OC)c(OC)c2)nnc1C(CC)N(C)C. The summed E-state index contributed by atoms with van der Waals surface area (Å²) in [4.78, 5) is 14.6. The zero-order valence-electron chi connectivity index (χ0n) is 20.2. The Bertz CT molecular complexity index is 856. The summed E-state index contributed by atoms with van der Waals surface area (Å²) in [5.41, 5.74) is 1.08. The maximum absolute atomic E-state index is 12.4. The van der Waals surface area contributed by atoms with Gasteiger partial charge in [-0.1, -0.05) is 38.1 Å². The van der Waals surface area contributed by atoms with E-state index in [4.69, 9.17) is 9.47 Å². The third-order valence-corrected chi connectivity index (χ3v) is 6.27. The van der Waals surface area contributed by atoms with Crippen molar-refractivity contribution in [2.75, 3.05) is 40.6 Å². The van der Waals surface area contributed by atoms with Crippen molar-refractivity contribution in [1.29, 1.82) is 0 Å². The molecule has 0 spiro atoms. The molecular weight excluding hydrogens is 426 g/mol. The number of carbonyl (C=O) groups is 1. The van der Waals surface area contributed by atoms with E-state index in [1.54, 1.807) is 14.2 Å². The quantitative estimate of drug-likeness (QED) is 0.429. The van der Waals surface area contributed by atoms with E-state index in [0.717, 1.165) is 42.4 Å². The van der Waals surface area contributed by atoms with Crippen molar-refractivity contribution in [1.82, 2.24) is 25.0 Å². The summed E-state index contributed by atoms with van der Waals surface area (Å²) >= 11 is 1.45. The highest BCUT2D eigenvalue weighted by Crippen LogP contribution is 2.28. The third kappa shape index (κ3) is 7.13. The van der Waals surface area contributed by atoms with Crippen LogP contribution in [0.4, 0.5) is 0 Å². The average molecular weight is 464 g/mol. The highest BCUT2D eigenvalue weighted by molar-refractivity contribution is 7.99. The van der Waals surface area contributed by atoms with Gasteiger partial charge < -0.3 is 19.4 Å². The van der Waals surface area contributed by atoms with E-state index >= 15 is 0 Å². The lowest BCUT2D eigenvalue weighted by Gasteiger charge is -2.23. The van der Waals surface area contributed by atoms with Gasteiger partial charge in [-0.2, -0.15) is 0 Å². The van der Waals surface area contributed by atoms with Crippen molar-refractivity contribution in [2.24, 2.45) is 0 Å². The Hall–Kier alpha value is -2.26. The summed E-state index contributed by atoms with van der Waals surface area (Å²) in [7, 11) is 7.36. The topological polar surface area (TPSA) is 81.5 Å². The highest BCUT2D eigenvalue weighted by Gasteiger charge is 2.22. The summed E-state index contributed by atoms with van der Waals surface area (Å²) in [6.45, 7) is 5.75. The fourth-order valence-corrected chi connectivity index (χ4v) is 4.32. The van der Waals surface area contributed by atoms with Gasteiger partial charge in [-0.15, -0.1) is 10.2 Å². The number of nitrogens with one attached hydrogen (secondary N) is 1. The Morgan fingerprint density at radius 1 is 1.19 bits per heavy atom. The van der Waals surface area contributed by atoms with E-state index in [9.17, 15) is 4.79 Å². The Labute approximate surface area is 196 Å². The van der Waals surface area contributed by atoms with Gasteiger partial charge in [-0.05, 0) is 51.1 Å². The number of thioether (sulfide) groups is 1. The molecule has 0 fully saturated rings. The molecule has 0 bridgehead atoms. The molecule has 32 heavy (non-hydrogen) atoms. The number of amides is 1. The van der Waals surface area contributed by atoms with Crippen molar-refractivity contribution >= 4 is 17.7 Å². The molecule has 1 amide bonds. The highest BCUT2D eigenvalue weighted by atomic mass is 32.2. The smallest absolute Gasteiger partial charge is 0.230 e. The minimum atomic E-state index is -0.0123. The molecule has 0 aliphatic rings. The van der Waals surface area contributed by atoms with Gasteiger partial charge in [0, 0.05) is 13.1 Å². The second kappa shape index (κ2) is 13.3. The fourth-order valence-electron chi connectivity index (χ4n) is 3.52. The van der Waals surface area contributed by atoms with Gasteiger partial charge in [0.2, 0.25) is 5.91 Å². The first-order valence-electron chi connectivity index (χ1n) is 11.1. The Kier molecular flexibility index (Phi) is 10.8.